The lowest BCUT2D eigenvalue weighted by Crippen LogP contribution is -2.33. The second kappa shape index (κ2) is 4.75. The largest absolute Gasteiger partial charge is 0.489 e. The number of hydrogen-bond acceptors (Lipinski definition) is 3. The molecule has 2 unspecified atom stereocenters. The Morgan fingerprint density at radius 2 is 2.18 bits per heavy atom. The summed E-state index contributed by atoms with van der Waals surface area (Å²) in [5.41, 5.74) is 12.6. The highest BCUT2D eigenvalue weighted by atomic mass is 16.5. The van der Waals surface area contributed by atoms with Crippen molar-refractivity contribution < 1.29 is 9.53 Å². The summed E-state index contributed by atoms with van der Waals surface area (Å²) in [6.45, 7) is 1.85. The zero-order valence-electron chi connectivity index (χ0n) is 9.98. The monoisotopic (exact) mass is 234 g/mol. The molecule has 0 bridgehead atoms. The van der Waals surface area contributed by atoms with E-state index in [1.807, 2.05) is 13.0 Å². The number of aryl methyl sites for hydroxylation is 1. The van der Waals surface area contributed by atoms with E-state index in [2.05, 4.69) is 0 Å². The van der Waals surface area contributed by atoms with Crippen LogP contribution in [0.1, 0.15) is 35.2 Å². The van der Waals surface area contributed by atoms with Gasteiger partial charge in [0.25, 0.3) is 0 Å². The zero-order chi connectivity index (χ0) is 12.4. The fourth-order valence-corrected chi connectivity index (χ4v) is 2.26. The van der Waals surface area contributed by atoms with Gasteiger partial charge >= 0.3 is 0 Å². The lowest BCUT2D eigenvalue weighted by atomic mass is 10.1. The second-order valence-corrected chi connectivity index (χ2v) is 4.59. The topological polar surface area (TPSA) is 78.3 Å². The Morgan fingerprint density at radius 3 is 2.71 bits per heavy atom. The maximum Gasteiger partial charge on any atom is 0.248 e. The van der Waals surface area contributed by atoms with Crippen molar-refractivity contribution in [3.8, 4) is 5.75 Å². The normalized spacial score (nSPS) is 23.6. The van der Waals surface area contributed by atoms with Crippen LogP contribution in [0, 0.1) is 6.92 Å². The number of carbonyl (C=O) groups excluding carboxylic acids is 1. The van der Waals surface area contributed by atoms with E-state index in [4.69, 9.17) is 16.2 Å². The predicted octanol–water partition coefficient (Wildman–Crippen LogP) is 1.35. The minimum Gasteiger partial charge on any atom is -0.489 e. The Labute approximate surface area is 101 Å². The lowest BCUT2D eigenvalue weighted by Gasteiger charge is -2.18. The van der Waals surface area contributed by atoms with Gasteiger partial charge in [-0.15, -0.1) is 0 Å². The van der Waals surface area contributed by atoms with E-state index in [1.165, 1.54) is 0 Å². The summed E-state index contributed by atoms with van der Waals surface area (Å²) in [5.74, 6) is 0.349. The summed E-state index contributed by atoms with van der Waals surface area (Å²) < 4.78 is 5.83. The number of benzene rings is 1. The molecule has 0 radical (unpaired) electrons. The molecule has 0 heterocycles. The average Bonchev–Trinajstić information content (AvgIpc) is 2.64. The molecule has 0 spiro atoms. The van der Waals surface area contributed by atoms with Gasteiger partial charge in [-0.05, 0) is 49.9 Å². The molecule has 1 saturated carbocycles. The summed E-state index contributed by atoms with van der Waals surface area (Å²) in [6, 6.07) is 5.43. The minimum atomic E-state index is -0.411. The maximum absolute atomic E-state index is 11.1. The number of ether oxygens (including phenoxy) is 1. The molecule has 1 amide bonds. The van der Waals surface area contributed by atoms with Crippen LogP contribution in [0.3, 0.4) is 0 Å². The molecule has 2 rings (SSSR count). The van der Waals surface area contributed by atoms with Crippen LogP contribution in [0.15, 0.2) is 18.2 Å². The number of primary amides is 1. The molecule has 4 nitrogen and oxygen atoms in total. The van der Waals surface area contributed by atoms with Crippen LogP contribution < -0.4 is 16.2 Å². The Balaban J connectivity index is 2.12. The van der Waals surface area contributed by atoms with Crippen molar-refractivity contribution in [1.29, 1.82) is 0 Å². The van der Waals surface area contributed by atoms with E-state index in [9.17, 15) is 4.79 Å². The highest BCUT2D eigenvalue weighted by molar-refractivity contribution is 5.94. The first-order valence-corrected chi connectivity index (χ1v) is 5.90. The van der Waals surface area contributed by atoms with Gasteiger partial charge in [0.1, 0.15) is 11.9 Å². The molecule has 17 heavy (non-hydrogen) atoms. The van der Waals surface area contributed by atoms with Gasteiger partial charge in [-0.2, -0.15) is 0 Å². The third kappa shape index (κ3) is 2.58. The Bertz CT molecular complexity index is 431. The van der Waals surface area contributed by atoms with Crippen molar-refractivity contribution in [3.63, 3.8) is 0 Å². The van der Waals surface area contributed by atoms with E-state index >= 15 is 0 Å². The van der Waals surface area contributed by atoms with Crippen LogP contribution in [-0.4, -0.2) is 18.1 Å². The highest BCUT2D eigenvalue weighted by Gasteiger charge is 2.25. The molecule has 4 N–H and O–H groups in total. The van der Waals surface area contributed by atoms with Crippen LogP contribution in [0.2, 0.25) is 0 Å². The van der Waals surface area contributed by atoms with E-state index < -0.39 is 5.91 Å². The Hall–Kier alpha value is -1.55. The van der Waals surface area contributed by atoms with Gasteiger partial charge in [0.15, 0.2) is 0 Å². The van der Waals surface area contributed by atoms with Gasteiger partial charge in [0.05, 0.1) is 0 Å². The van der Waals surface area contributed by atoms with E-state index in [0.29, 0.717) is 5.56 Å². The number of carbonyl (C=O) groups is 1. The zero-order valence-corrected chi connectivity index (χ0v) is 9.98. The van der Waals surface area contributed by atoms with Crippen LogP contribution >= 0.6 is 0 Å². The first-order chi connectivity index (χ1) is 8.08. The summed E-state index contributed by atoms with van der Waals surface area (Å²) >= 11 is 0. The summed E-state index contributed by atoms with van der Waals surface area (Å²) in [5, 5.41) is 0. The molecule has 0 saturated heterocycles. The van der Waals surface area contributed by atoms with Crippen LogP contribution in [0.4, 0.5) is 0 Å². The number of rotatable bonds is 3. The van der Waals surface area contributed by atoms with Gasteiger partial charge in [0, 0.05) is 11.6 Å². The average molecular weight is 234 g/mol. The molecule has 0 aromatic heterocycles. The predicted molar refractivity (Wildman–Crippen MR) is 65.9 cm³/mol. The van der Waals surface area contributed by atoms with Crippen molar-refractivity contribution in [2.24, 2.45) is 11.5 Å². The lowest BCUT2D eigenvalue weighted by molar-refractivity contribution is 0.0999. The molecule has 0 aliphatic heterocycles. The first-order valence-electron chi connectivity index (χ1n) is 5.90. The van der Waals surface area contributed by atoms with Gasteiger partial charge in [0.2, 0.25) is 5.91 Å². The molecule has 1 aromatic rings. The Morgan fingerprint density at radius 1 is 1.41 bits per heavy atom. The third-order valence-corrected chi connectivity index (χ3v) is 3.25. The standard InChI is InChI=1S/C13H18N2O2/c1-8-7-9(5-6-10(8)13(15)16)17-12-4-2-3-11(12)14/h5-7,11-12H,2-4,14H2,1H3,(H2,15,16). The molecule has 1 aliphatic rings. The summed E-state index contributed by atoms with van der Waals surface area (Å²) in [6.07, 6.45) is 3.22. The molecule has 1 aliphatic carbocycles. The van der Waals surface area contributed by atoms with Gasteiger partial charge in [-0.3, -0.25) is 4.79 Å². The fourth-order valence-electron chi connectivity index (χ4n) is 2.26. The van der Waals surface area contributed by atoms with E-state index in [0.717, 1.165) is 30.6 Å². The van der Waals surface area contributed by atoms with Crippen molar-refractivity contribution in [1.82, 2.24) is 0 Å². The first kappa shape index (κ1) is 11.9. The SMILES string of the molecule is Cc1cc(OC2CCCC2N)ccc1C(N)=O. The minimum absolute atomic E-state index is 0.0915. The number of nitrogens with two attached hydrogens (primary N) is 2. The summed E-state index contributed by atoms with van der Waals surface area (Å²) in [4.78, 5) is 11.1. The van der Waals surface area contributed by atoms with Gasteiger partial charge in [-0.25, -0.2) is 0 Å². The quantitative estimate of drug-likeness (QED) is 0.828. The van der Waals surface area contributed by atoms with Gasteiger partial charge < -0.3 is 16.2 Å². The van der Waals surface area contributed by atoms with Crippen LogP contribution in [0.5, 0.6) is 5.75 Å². The van der Waals surface area contributed by atoms with E-state index in [1.54, 1.807) is 12.1 Å². The number of hydrogen-bond donors (Lipinski definition) is 2. The number of amides is 1. The van der Waals surface area contributed by atoms with Crippen LogP contribution in [0.25, 0.3) is 0 Å². The van der Waals surface area contributed by atoms with Crippen molar-refractivity contribution in [2.75, 3.05) is 0 Å². The van der Waals surface area contributed by atoms with E-state index in [-0.39, 0.29) is 12.1 Å². The smallest absolute Gasteiger partial charge is 0.248 e. The molecule has 1 aromatic carbocycles. The van der Waals surface area contributed by atoms with Crippen molar-refractivity contribution >= 4 is 5.91 Å². The van der Waals surface area contributed by atoms with Crippen molar-refractivity contribution in [2.45, 2.75) is 38.3 Å². The molecule has 92 valence electrons. The fraction of sp³-hybridized carbons (Fsp3) is 0.462. The summed E-state index contributed by atoms with van der Waals surface area (Å²) in [7, 11) is 0. The van der Waals surface area contributed by atoms with Crippen LogP contribution in [-0.2, 0) is 0 Å². The van der Waals surface area contributed by atoms with Gasteiger partial charge in [-0.1, -0.05) is 0 Å². The third-order valence-electron chi connectivity index (χ3n) is 3.25. The molecular weight excluding hydrogens is 216 g/mol. The maximum atomic E-state index is 11.1. The molecule has 4 heteroatoms. The second-order valence-electron chi connectivity index (χ2n) is 4.59. The molecular formula is C13H18N2O2. The highest BCUT2D eigenvalue weighted by Crippen LogP contribution is 2.25. The molecule has 1 fully saturated rings. The Kier molecular flexibility index (Phi) is 3.33. The molecule has 2 atom stereocenters. The van der Waals surface area contributed by atoms with Crippen molar-refractivity contribution in [3.05, 3.63) is 29.3 Å².